The summed E-state index contributed by atoms with van der Waals surface area (Å²) < 4.78 is 13.3. The number of halogens is 1. The fourth-order valence-corrected chi connectivity index (χ4v) is 2.71. The van der Waals surface area contributed by atoms with Crippen LogP contribution in [0.5, 0.6) is 0 Å². The molecule has 5 heteroatoms. The molecule has 0 heterocycles. The SMILES string of the molecule is CC1(C)CCC(NCc2cc(F)cc([N+](=O)[O-])c2)CC1. The lowest BCUT2D eigenvalue weighted by Crippen LogP contribution is -2.35. The van der Waals surface area contributed by atoms with Crippen LogP contribution in [-0.4, -0.2) is 11.0 Å². The van der Waals surface area contributed by atoms with Crippen LogP contribution in [0, 0.1) is 21.3 Å². The second kappa shape index (κ2) is 5.87. The van der Waals surface area contributed by atoms with Gasteiger partial charge in [-0.1, -0.05) is 13.8 Å². The minimum Gasteiger partial charge on any atom is -0.310 e. The first-order chi connectivity index (χ1) is 9.35. The summed E-state index contributed by atoms with van der Waals surface area (Å²) in [5, 5.41) is 14.1. The Morgan fingerprint density at radius 1 is 1.35 bits per heavy atom. The summed E-state index contributed by atoms with van der Waals surface area (Å²) in [5.74, 6) is -0.555. The Bertz CT molecular complexity index is 493. The molecule has 1 saturated carbocycles. The lowest BCUT2D eigenvalue weighted by atomic mass is 9.75. The average Bonchev–Trinajstić information content (AvgIpc) is 2.37. The zero-order valence-electron chi connectivity index (χ0n) is 12.0. The lowest BCUT2D eigenvalue weighted by Gasteiger charge is -2.34. The number of benzene rings is 1. The van der Waals surface area contributed by atoms with E-state index in [1.807, 2.05) is 0 Å². The molecule has 0 radical (unpaired) electrons. The Morgan fingerprint density at radius 2 is 2.00 bits per heavy atom. The van der Waals surface area contributed by atoms with Crippen LogP contribution in [0.25, 0.3) is 0 Å². The molecule has 20 heavy (non-hydrogen) atoms. The maximum Gasteiger partial charge on any atom is 0.272 e. The van der Waals surface area contributed by atoms with Crippen molar-refractivity contribution in [2.24, 2.45) is 5.41 Å². The van der Waals surface area contributed by atoms with Crippen molar-refractivity contribution >= 4 is 5.69 Å². The Balaban J connectivity index is 1.93. The second-order valence-corrected chi connectivity index (χ2v) is 6.39. The summed E-state index contributed by atoms with van der Waals surface area (Å²) >= 11 is 0. The minimum absolute atomic E-state index is 0.188. The highest BCUT2D eigenvalue weighted by atomic mass is 19.1. The number of nitro groups is 1. The van der Waals surface area contributed by atoms with Crippen molar-refractivity contribution in [1.82, 2.24) is 5.32 Å². The molecular formula is C15H21FN2O2. The van der Waals surface area contributed by atoms with Gasteiger partial charge in [-0.15, -0.1) is 0 Å². The predicted molar refractivity (Wildman–Crippen MR) is 75.9 cm³/mol. The quantitative estimate of drug-likeness (QED) is 0.674. The van der Waals surface area contributed by atoms with E-state index < -0.39 is 10.7 Å². The molecule has 0 saturated heterocycles. The first-order valence-corrected chi connectivity index (χ1v) is 7.03. The molecule has 1 fully saturated rings. The Morgan fingerprint density at radius 3 is 2.60 bits per heavy atom. The highest BCUT2D eigenvalue weighted by Crippen LogP contribution is 2.35. The van der Waals surface area contributed by atoms with Crippen molar-refractivity contribution in [3.8, 4) is 0 Å². The fraction of sp³-hybridized carbons (Fsp3) is 0.600. The summed E-state index contributed by atoms with van der Waals surface area (Å²) in [4.78, 5) is 10.1. The van der Waals surface area contributed by atoms with E-state index in [0.717, 1.165) is 18.9 Å². The summed E-state index contributed by atoms with van der Waals surface area (Å²) in [6, 6.07) is 4.16. The molecule has 0 atom stereocenters. The summed E-state index contributed by atoms with van der Waals surface area (Å²) in [6.45, 7) is 5.03. The first kappa shape index (κ1) is 14.9. The maximum absolute atomic E-state index is 13.3. The molecule has 1 aliphatic rings. The zero-order chi connectivity index (χ0) is 14.8. The number of hydrogen-bond acceptors (Lipinski definition) is 3. The number of rotatable bonds is 4. The molecule has 0 bridgehead atoms. The molecular weight excluding hydrogens is 259 g/mol. The fourth-order valence-electron chi connectivity index (χ4n) is 2.71. The molecule has 0 spiro atoms. The number of nitrogens with zero attached hydrogens (tertiary/aromatic N) is 1. The third kappa shape index (κ3) is 4.00. The number of nitrogens with one attached hydrogen (secondary N) is 1. The third-order valence-electron chi connectivity index (χ3n) is 4.09. The van der Waals surface area contributed by atoms with Crippen molar-refractivity contribution in [3.63, 3.8) is 0 Å². The Hall–Kier alpha value is -1.49. The lowest BCUT2D eigenvalue weighted by molar-refractivity contribution is -0.385. The second-order valence-electron chi connectivity index (χ2n) is 6.39. The van der Waals surface area contributed by atoms with E-state index in [1.165, 1.54) is 25.0 Å². The average molecular weight is 280 g/mol. The summed E-state index contributed by atoms with van der Waals surface area (Å²) in [7, 11) is 0. The van der Waals surface area contributed by atoms with Gasteiger partial charge in [0.25, 0.3) is 5.69 Å². The van der Waals surface area contributed by atoms with Crippen LogP contribution in [0.1, 0.15) is 45.1 Å². The van der Waals surface area contributed by atoms with Crippen molar-refractivity contribution < 1.29 is 9.31 Å². The summed E-state index contributed by atoms with van der Waals surface area (Å²) in [6.07, 6.45) is 4.55. The maximum atomic E-state index is 13.3. The van der Waals surface area contributed by atoms with Crippen LogP contribution in [-0.2, 0) is 6.54 Å². The van der Waals surface area contributed by atoms with Crippen molar-refractivity contribution in [1.29, 1.82) is 0 Å². The zero-order valence-corrected chi connectivity index (χ0v) is 12.0. The van der Waals surface area contributed by atoms with Crippen LogP contribution in [0.15, 0.2) is 18.2 Å². The molecule has 0 aromatic heterocycles. The molecule has 1 aromatic rings. The van der Waals surface area contributed by atoms with E-state index in [4.69, 9.17) is 0 Å². The van der Waals surface area contributed by atoms with Crippen LogP contribution in [0.3, 0.4) is 0 Å². The molecule has 1 N–H and O–H groups in total. The smallest absolute Gasteiger partial charge is 0.272 e. The van der Waals surface area contributed by atoms with Crippen molar-refractivity contribution in [3.05, 3.63) is 39.7 Å². The minimum atomic E-state index is -0.560. The molecule has 2 rings (SSSR count). The van der Waals surface area contributed by atoms with Gasteiger partial charge in [-0.25, -0.2) is 4.39 Å². The van der Waals surface area contributed by atoms with Crippen molar-refractivity contribution in [2.45, 2.75) is 52.1 Å². The van der Waals surface area contributed by atoms with Gasteiger partial charge in [0, 0.05) is 18.7 Å². The first-order valence-electron chi connectivity index (χ1n) is 7.03. The third-order valence-corrected chi connectivity index (χ3v) is 4.09. The largest absolute Gasteiger partial charge is 0.310 e. The molecule has 0 unspecified atom stereocenters. The summed E-state index contributed by atoms with van der Waals surface area (Å²) in [5.41, 5.74) is 0.851. The van der Waals surface area contributed by atoms with Crippen LogP contribution in [0.2, 0.25) is 0 Å². The number of nitro benzene ring substituents is 1. The normalized spacial score (nSPS) is 18.9. The molecule has 1 aliphatic carbocycles. The van der Waals surface area contributed by atoms with Crippen molar-refractivity contribution in [2.75, 3.05) is 0 Å². The van der Waals surface area contributed by atoms with Gasteiger partial charge < -0.3 is 5.32 Å². The Labute approximate surface area is 118 Å². The van der Waals surface area contributed by atoms with Crippen LogP contribution in [0.4, 0.5) is 10.1 Å². The van der Waals surface area contributed by atoms with Gasteiger partial charge in [-0.2, -0.15) is 0 Å². The topological polar surface area (TPSA) is 55.2 Å². The van der Waals surface area contributed by atoms with Gasteiger partial charge in [0.1, 0.15) is 5.82 Å². The van der Waals surface area contributed by atoms with Gasteiger partial charge in [0.15, 0.2) is 0 Å². The van der Waals surface area contributed by atoms with Gasteiger partial charge >= 0.3 is 0 Å². The standard InChI is InChI=1S/C15H21FN2O2/c1-15(2)5-3-13(4-6-15)17-10-11-7-12(16)9-14(8-11)18(19)20/h7-9,13,17H,3-6,10H2,1-2H3. The van der Waals surface area contributed by atoms with E-state index in [1.54, 1.807) is 0 Å². The highest BCUT2D eigenvalue weighted by Gasteiger charge is 2.26. The van der Waals surface area contributed by atoms with Crippen LogP contribution < -0.4 is 5.32 Å². The van der Waals surface area contributed by atoms with E-state index in [9.17, 15) is 14.5 Å². The van der Waals surface area contributed by atoms with Gasteiger partial charge in [-0.3, -0.25) is 10.1 Å². The monoisotopic (exact) mass is 280 g/mol. The number of non-ortho nitro benzene ring substituents is 1. The molecule has 0 aliphatic heterocycles. The van der Waals surface area contributed by atoms with E-state index in [2.05, 4.69) is 19.2 Å². The van der Waals surface area contributed by atoms with Gasteiger partial charge in [-0.05, 0) is 42.7 Å². The Kier molecular flexibility index (Phi) is 4.38. The highest BCUT2D eigenvalue weighted by molar-refractivity contribution is 5.35. The molecule has 110 valence electrons. The van der Waals surface area contributed by atoms with E-state index in [0.29, 0.717) is 23.6 Å². The molecule has 1 aromatic carbocycles. The van der Waals surface area contributed by atoms with Gasteiger partial charge in [0.2, 0.25) is 0 Å². The van der Waals surface area contributed by atoms with E-state index >= 15 is 0 Å². The predicted octanol–water partition coefficient (Wildman–Crippen LogP) is 3.79. The molecule has 0 amide bonds. The van der Waals surface area contributed by atoms with Crippen LogP contribution >= 0.6 is 0 Å². The number of hydrogen-bond donors (Lipinski definition) is 1. The van der Waals surface area contributed by atoms with Gasteiger partial charge in [0.05, 0.1) is 11.0 Å². The molecule has 4 nitrogen and oxygen atoms in total. The van der Waals surface area contributed by atoms with E-state index in [-0.39, 0.29) is 5.69 Å².